The first-order chi connectivity index (χ1) is 18.7. The molecule has 1 saturated carbocycles. The van der Waals surface area contributed by atoms with Crippen LogP contribution < -0.4 is 10.1 Å². The maximum atomic E-state index is 13.3. The fourth-order valence-electron chi connectivity index (χ4n) is 4.20. The minimum absolute atomic E-state index is 0.244. The number of carbonyl (C=O) groups is 2. The minimum atomic E-state index is -3.34. The van der Waals surface area contributed by atoms with Crippen molar-refractivity contribution in [1.29, 1.82) is 0 Å². The molecule has 1 N–H and O–H groups in total. The zero-order chi connectivity index (χ0) is 27.6. The number of rotatable bonds is 10. The number of methoxy groups -OCH3 is 1. The number of hydrogen-bond acceptors (Lipinski definition) is 10. The molecule has 0 bridgehead atoms. The third-order valence-corrected chi connectivity index (χ3v) is 9.53. The van der Waals surface area contributed by atoms with Crippen LogP contribution in [-0.2, 0) is 28.8 Å². The Morgan fingerprint density at radius 3 is 2.54 bits per heavy atom. The van der Waals surface area contributed by atoms with Crippen LogP contribution in [0.2, 0.25) is 0 Å². The van der Waals surface area contributed by atoms with Gasteiger partial charge in [0.05, 0.1) is 41.7 Å². The van der Waals surface area contributed by atoms with Crippen molar-refractivity contribution in [3.8, 4) is 10.8 Å². The maximum Gasteiger partial charge on any atom is 0.338 e. The molecule has 2 fully saturated rings. The van der Waals surface area contributed by atoms with Crippen LogP contribution in [0.1, 0.15) is 46.9 Å². The quantitative estimate of drug-likeness (QED) is 0.350. The number of ether oxygens (including phenoxy) is 4. The summed E-state index contributed by atoms with van der Waals surface area (Å²) in [5, 5.41) is 3.21. The zero-order valence-electron chi connectivity index (χ0n) is 21.4. The molecule has 0 radical (unpaired) electrons. The van der Waals surface area contributed by atoms with E-state index in [1.165, 1.54) is 25.4 Å². The Morgan fingerprint density at radius 1 is 1.13 bits per heavy atom. The molecule has 5 rings (SSSR count). The summed E-state index contributed by atoms with van der Waals surface area (Å²) in [6.07, 6.45) is 2.25. The van der Waals surface area contributed by atoms with Gasteiger partial charge in [-0.25, -0.2) is 18.2 Å². The van der Waals surface area contributed by atoms with E-state index in [0.717, 1.165) is 11.3 Å². The highest BCUT2D eigenvalue weighted by Gasteiger charge is 2.37. The van der Waals surface area contributed by atoms with Crippen molar-refractivity contribution in [1.82, 2.24) is 4.98 Å². The molecular weight excluding hydrogens is 544 g/mol. The Kier molecular flexibility index (Phi) is 7.98. The van der Waals surface area contributed by atoms with E-state index in [0.29, 0.717) is 65.1 Å². The van der Waals surface area contributed by atoms with Crippen LogP contribution in [0, 0.1) is 6.92 Å². The van der Waals surface area contributed by atoms with Crippen molar-refractivity contribution < 1.29 is 37.0 Å². The molecule has 3 aromatic rings. The second-order valence-electron chi connectivity index (χ2n) is 9.36. The highest BCUT2D eigenvalue weighted by Crippen LogP contribution is 2.35. The van der Waals surface area contributed by atoms with E-state index >= 15 is 0 Å². The topological polar surface area (TPSA) is 130 Å². The number of hydrogen-bond donors (Lipinski definition) is 1. The summed E-state index contributed by atoms with van der Waals surface area (Å²) < 4.78 is 47.3. The second kappa shape index (κ2) is 11.4. The van der Waals surface area contributed by atoms with Gasteiger partial charge in [0.25, 0.3) is 5.91 Å². The Balaban J connectivity index is 1.29. The number of nitrogens with zero attached hydrogens (tertiary/aromatic N) is 1. The minimum Gasteiger partial charge on any atom is -0.465 e. The molecule has 1 saturated heterocycles. The second-order valence-corrected chi connectivity index (χ2v) is 12.6. The van der Waals surface area contributed by atoms with Crippen molar-refractivity contribution in [3.05, 3.63) is 65.4 Å². The molecule has 1 aromatic heterocycles. The van der Waals surface area contributed by atoms with Gasteiger partial charge < -0.3 is 18.9 Å². The van der Waals surface area contributed by atoms with Crippen LogP contribution in [0.15, 0.2) is 53.6 Å². The molecule has 39 heavy (non-hydrogen) atoms. The fraction of sp³-hybridized carbons (Fsp3) is 0.370. The smallest absolute Gasteiger partial charge is 0.338 e. The van der Waals surface area contributed by atoms with E-state index in [4.69, 9.17) is 18.9 Å². The Hall–Kier alpha value is -3.32. The van der Waals surface area contributed by atoms with Crippen molar-refractivity contribution in [2.45, 2.75) is 48.5 Å². The first kappa shape index (κ1) is 27.3. The van der Waals surface area contributed by atoms with E-state index in [9.17, 15) is 18.0 Å². The number of aryl methyl sites for hydroxylation is 1. The first-order valence-electron chi connectivity index (χ1n) is 12.4. The number of benzene rings is 2. The van der Waals surface area contributed by atoms with Gasteiger partial charge in [-0.1, -0.05) is 23.5 Å². The highest BCUT2D eigenvalue weighted by atomic mass is 32.2. The van der Waals surface area contributed by atoms with Gasteiger partial charge in [-0.15, -0.1) is 0 Å². The average Bonchev–Trinajstić information content (AvgIpc) is 3.51. The number of nitrogens with one attached hydrogen (secondary N) is 1. The van der Waals surface area contributed by atoms with E-state index < -0.39 is 27.8 Å². The normalized spacial score (nSPS) is 17.9. The molecule has 2 aliphatic rings. The largest absolute Gasteiger partial charge is 0.465 e. The molecule has 2 heterocycles. The zero-order valence-corrected chi connectivity index (χ0v) is 23.0. The number of esters is 1. The van der Waals surface area contributed by atoms with Crippen molar-refractivity contribution in [2.75, 3.05) is 25.6 Å². The van der Waals surface area contributed by atoms with Gasteiger partial charge >= 0.3 is 5.97 Å². The van der Waals surface area contributed by atoms with Gasteiger partial charge in [-0.2, -0.15) is 0 Å². The Labute approximate surface area is 230 Å². The molecule has 1 aliphatic carbocycles. The summed E-state index contributed by atoms with van der Waals surface area (Å²) in [4.78, 5) is 29.6. The predicted molar refractivity (Wildman–Crippen MR) is 143 cm³/mol. The summed E-state index contributed by atoms with van der Waals surface area (Å²) in [7, 11) is -2.02. The average molecular weight is 573 g/mol. The molecule has 206 valence electrons. The van der Waals surface area contributed by atoms with Gasteiger partial charge in [0, 0.05) is 6.61 Å². The summed E-state index contributed by atoms with van der Waals surface area (Å²) in [6.45, 7) is 2.70. The van der Waals surface area contributed by atoms with E-state index in [1.807, 2.05) is 0 Å². The van der Waals surface area contributed by atoms with E-state index in [2.05, 4.69) is 10.3 Å². The van der Waals surface area contributed by atoms with E-state index in [1.54, 1.807) is 37.3 Å². The van der Waals surface area contributed by atoms with Gasteiger partial charge in [-0.3, -0.25) is 10.1 Å². The van der Waals surface area contributed by atoms with Crippen LogP contribution in [-0.4, -0.2) is 57.0 Å². The van der Waals surface area contributed by atoms with Crippen LogP contribution >= 0.6 is 11.3 Å². The lowest BCUT2D eigenvalue weighted by Crippen LogP contribution is -2.28. The number of sulfone groups is 1. The predicted octanol–water partition coefficient (Wildman–Crippen LogP) is 4.45. The van der Waals surface area contributed by atoms with Crippen LogP contribution in [0.3, 0.4) is 0 Å². The molecule has 1 amide bonds. The number of aromatic nitrogens is 1. The molecule has 0 spiro atoms. The molecule has 1 unspecified atom stereocenters. The summed E-state index contributed by atoms with van der Waals surface area (Å²) >= 11 is 1.13. The first-order valence-corrected chi connectivity index (χ1v) is 14.8. The standard InChI is InChI=1S/C27H28N2O8S2/c1-16-13-18(5-10-22(16)26(31)34-2)36-23-14-28-27(38-23)29-25(30)24(37-19-11-12-35-15-19)17-3-6-20(7-4-17)39(32,33)21-8-9-21/h3-7,10,13-14,19,21,24H,8-9,11-12,15H2,1-2H3,(H,28,29,30)/t19-,24?/m1/s1. The summed E-state index contributed by atoms with van der Waals surface area (Å²) in [5.41, 5.74) is 1.67. The van der Waals surface area contributed by atoms with Crippen LogP contribution in [0.25, 0.3) is 0 Å². The van der Waals surface area contributed by atoms with Crippen LogP contribution in [0.4, 0.5) is 5.13 Å². The third-order valence-electron chi connectivity index (χ3n) is 6.47. The monoisotopic (exact) mass is 572 g/mol. The number of carbonyl (C=O) groups excluding carboxylic acids is 2. The summed E-state index contributed by atoms with van der Waals surface area (Å²) in [6, 6.07) is 11.3. The Morgan fingerprint density at radius 2 is 1.90 bits per heavy atom. The van der Waals surface area contributed by atoms with Crippen molar-refractivity contribution in [2.24, 2.45) is 0 Å². The SMILES string of the molecule is COC(=O)c1ccc(Oc2cnc(NC(=O)C(O[C@@H]3CCOC3)c3ccc(S(=O)(=O)C4CC4)cc3)s2)cc1C. The molecule has 2 aromatic carbocycles. The van der Waals surface area contributed by atoms with Crippen molar-refractivity contribution >= 4 is 38.2 Å². The van der Waals surface area contributed by atoms with Gasteiger partial charge in [-0.05, 0) is 67.6 Å². The maximum absolute atomic E-state index is 13.3. The highest BCUT2D eigenvalue weighted by molar-refractivity contribution is 7.92. The Bertz CT molecular complexity index is 1460. The van der Waals surface area contributed by atoms with E-state index in [-0.39, 0.29) is 16.2 Å². The third kappa shape index (κ3) is 6.30. The lowest BCUT2D eigenvalue weighted by Gasteiger charge is -2.21. The lowest BCUT2D eigenvalue weighted by molar-refractivity contribution is -0.131. The van der Waals surface area contributed by atoms with Crippen molar-refractivity contribution in [3.63, 3.8) is 0 Å². The molecule has 12 heteroatoms. The van der Waals surface area contributed by atoms with Crippen LogP contribution in [0.5, 0.6) is 10.8 Å². The number of anilines is 1. The molecule has 2 atom stereocenters. The molecular formula is C27H28N2O8S2. The molecule has 1 aliphatic heterocycles. The fourth-order valence-corrected chi connectivity index (χ4v) is 6.55. The molecule has 10 nitrogen and oxygen atoms in total. The van der Waals surface area contributed by atoms with Gasteiger partial charge in [0.15, 0.2) is 21.1 Å². The lowest BCUT2D eigenvalue weighted by atomic mass is 10.1. The van der Waals surface area contributed by atoms with Gasteiger partial charge in [0.1, 0.15) is 5.75 Å². The number of amides is 1. The summed E-state index contributed by atoms with van der Waals surface area (Å²) in [5.74, 6) is -0.369. The van der Waals surface area contributed by atoms with Gasteiger partial charge in [0.2, 0.25) is 5.06 Å². The number of thiazole rings is 1.